The molecule has 0 fully saturated rings. The molecule has 0 radical (unpaired) electrons. The highest BCUT2D eigenvalue weighted by Gasteiger charge is 2.19. The standard InChI is InChI=1S/C52H34N2S/c1-3-13-35(14-4-1)36-23-27-41(28-24-36)53(40-17-5-2-6-18-40)42-29-25-37(26-30-42)46-33-43(34-48-45-20-10-12-22-51(45)55-52(46)48)54-49-21-11-9-19-44(49)47-31-38-15-7-8-16-39(38)32-50(47)54/h1-34H. The molecule has 3 heteroatoms. The predicted molar refractivity (Wildman–Crippen MR) is 237 cm³/mol. The number of hydrogen-bond acceptors (Lipinski definition) is 2. The molecule has 9 aromatic carbocycles. The van der Waals surface area contributed by atoms with Gasteiger partial charge in [-0.05, 0) is 100 Å². The van der Waals surface area contributed by atoms with E-state index in [0.717, 1.165) is 17.1 Å². The van der Waals surface area contributed by atoms with E-state index in [-0.39, 0.29) is 0 Å². The zero-order valence-corrected chi connectivity index (χ0v) is 30.7. The molecule has 2 nitrogen and oxygen atoms in total. The maximum atomic E-state index is 2.47. The monoisotopic (exact) mass is 718 g/mol. The van der Waals surface area contributed by atoms with Gasteiger partial charge in [-0.25, -0.2) is 0 Å². The van der Waals surface area contributed by atoms with Gasteiger partial charge in [0.15, 0.2) is 0 Å². The Morgan fingerprint density at radius 3 is 1.67 bits per heavy atom. The molecular formula is C52H34N2S. The van der Waals surface area contributed by atoms with Gasteiger partial charge in [0.1, 0.15) is 0 Å². The number of aromatic nitrogens is 1. The Kier molecular flexibility index (Phi) is 7.39. The second kappa shape index (κ2) is 12.9. The lowest BCUT2D eigenvalue weighted by molar-refractivity contribution is 1.19. The number of nitrogens with zero attached hydrogens (tertiary/aromatic N) is 2. The third-order valence-corrected chi connectivity index (χ3v) is 12.2. The maximum absolute atomic E-state index is 2.47. The van der Waals surface area contributed by atoms with Crippen molar-refractivity contribution >= 4 is 81.1 Å². The van der Waals surface area contributed by atoms with Crippen LogP contribution in [0.2, 0.25) is 0 Å². The Bertz CT molecular complexity index is 3180. The lowest BCUT2D eigenvalue weighted by Crippen LogP contribution is -2.09. The van der Waals surface area contributed by atoms with Crippen molar-refractivity contribution in [2.75, 3.05) is 4.90 Å². The van der Waals surface area contributed by atoms with Gasteiger partial charge in [0.25, 0.3) is 0 Å². The molecule has 0 bridgehead atoms. The number of rotatable bonds is 6. The van der Waals surface area contributed by atoms with Gasteiger partial charge < -0.3 is 9.47 Å². The highest BCUT2D eigenvalue weighted by atomic mass is 32.1. The van der Waals surface area contributed by atoms with Crippen molar-refractivity contribution in [3.8, 4) is 27.9 Å². The summed E-state index contributed by atoms with van der Waals surface area (Å²) in [5, 5.41) is 7.62. The van der Waals surface area contributed by atoms with Crippen LogP contribution < -0.4 is 4.90 Å². The molecule has 258 valence electrons. The molecule has 2 aromatic heterocycles. The summed E-state index contributed by atoms with van der Waals surface area (Å²) in [6, 6.07) is 75.1. The molecule has 0 amide bonds. The first-order valence-electron chi connectivity index (χ1n) is 18.8. The first-order chi connectivity index (χ1) is 27.3. The van der Waals surface area contributed by atoms with Crippen LogP contribution >= 0.6 is 11.3 Å². The molecule has 0 spiro atoms. The summed E-state index contributed by atoms with van der Waals surface area (Å²) in [5.74, 6) is 0. The SMILES string of the molecule is c1ccc(-c2ccc(N(c3ccccc3)c3ccc(-c4cc(-n5c6ccccc6c6cc7ccccc7cc65)cc5c4sc4ccccc45)cc3)cc2)cc1. The topological polar surface area (TPSA) is 8.17 Å². The molecule has 11 aromatic rings. The average molecular weight is 719 g/mol. The molecule has 11 rings (SSSR count). The van der Waals surface area contributed by atoms with Crippen molar-refractivity contribution in [1.29, 1.82) is 0 Å². The molecular weight excluding hydrogens is 685 g/mol. The Labute approximate surface area is 323 Å². The molecule has 0 aliphatic heterocycles. The maximum Gasteiger partial charge on any atom is 0.0547 e. The number of fused-ring (bicyclic) bond motifs is 7. The minimum atomic E-state index is 1.11. The van der Waals surface area contributed by atoms with E-state index in [9.17, 15) is 0 Å². The van der Waals surface area contributed by atoms with E-state index < -0.39 is 0 Å². The van der Waals surface area contributed by atoms with Gasteiger partial charge in [0.2, 0.25) is 0 Å². The van der Waals surface area contributed by atoms with Crippen LogP contribution in [0.5, 0.6) is 0 Å². The molecule has 0 N–H and O–H groups in total. The lowest BCUT2D eigenvalue weighted by atomic mass is 10.0. The summed E-state index contributed by atoms with van der Waals surface area (Å²) in [4.78, 5) is 2.34. The molecule has 0 aliphatic rings. The van der Waals surface area contributed by atoms with E-state index in [4.69, 9.17) is 0 Å². The Morgan fingerprint density at radius 2 is 0.927 bits per heavy atom. The van der Waals surface area contributed by atoms with Gasteiger partial charge in [0.05, 0.1) is 11.0 Å². The summed E-state index contributed by atoms with van der Waals surface area (Å²) in [6.07, 6.45) is 0. The lowest BCUT2D eigenvalue weighted by Gasteiger charge is -2.26. The fraction of sp³-hybridized carbons (Fsp3) is 0. The van der Waals surface area contributed by atoms with Crippen molar-refractivity contribution in [3.05, 3.63) is 206 Å². The van der Waals surface area contributed by atoms with E-state index in [0.29, 0.717) is 0 Å². The zero-order valence-electron chi connectivity index (χ0n) is 29.9. The normalized spacial score (nSPS) is 11.6. The number of anilines is 3. The average Bonchev–Trinajstić information content (AvgIpc) is 3.79. The van der Waals surface area contributed by atoms with Gasteiger partial charge in [-0.2, -0.15) is 0 Å². The van der Waals surface area contributed by atoms with Crippen molar-refractivity contribution in [1.82, 2.24) is 4.57 Å². The Balaban J connectivity index is 1.09. The molecule has 2 heterocycles. The van der Waals surface area contributed by atoms with Crippen molar-refractivity contribution < 1.29 is 0 Å². The van der Waals surface area contributed by atoms with Crippen LogP contribution in [-0.2, 0) is 0 Å². The smallest absolute Gasteiger partial charge is 0.0547 e. The van der Waals surface area contributed by atoms with Crippen LogP contribution in [0.3, 0.4) is 0 Å². The first-order valence-corrected chi connectivity index (χ1v) is 19.6. The van der Waals surface area contributed by atoms with Crippen LogP contribution in [0, 0.1) is 0 Å². The van der Waals surface area contributed by atoms with Crippen LogP contribution in [0.25, 0.3) is 80.7 Å². The second-order valence-electron chi connectivity index (χ2n) is 14.2. The number of thiophene rings is 1. The fourth-order valence-electron chi connectivity index (χ4n) is 8.34. The van der Waals surface area contributed by atoms with Crippen LogP contribution in [0.4, 0.5) is 17.1 Å². The number of hydrogen-bond donors (Lipinski definition) is 0. The fourth-order valence-corrected chi connectivity index (χ4v) is 9.56. The van der Waals surface area contributed by atoms with Gasteiger partial charge in [-0.1, -0.05) is 133 Å². The van der Waals surface area contributed by atoms with E-state index in [1.807, 2.05) is 11.3 Å². The summed E-state index contributed by atoms with van der Waals surface area (Å²) in [6.45, 7) is 0. The van der Waals surface area contributed by atoms with Gasteiger partial charge in [-0.3, -0.25) is 0 Å². The zero-order chi connectivity index (χ0) is 36.3. The van der Waals surface area contributed by atoms with Crippen LogP contribution in [0.15, 0.2) is 206 Å². The molecule has 0 unspecified atom stereocenters. The van der Waals surface area contributed by atoms with Gasteiger partial charge in [0, 0.05) is 59.3 Å². The molecule has 0 atom stereocenters. The highest BCUT2D eigenvalue weighted by Crippen LogP contribution is 2.44. The molecule has 0 aliphatic carbocycles. The predicted octanol–water partition coefficient (Wildman–Crippen LogP) is 15.1. The molecule has 0 saturated heterocycles. The molecule has 55 heavy (non-hydrogen) atoms. The van der Waals surface area contributed by atoms with E-state index in [1.54, 1.807) is 0 Å². The van der Waals surface area contributed by atoms with Crippen LogP contribution in [-0.4, -0.2) is 4.57 Å². The van der Waals surface area contributed by atoms with E-state index in [1.165, 1.54) is 80.7 Å². The van der Waals surface area contributed by atoms with Crippen molar-refractivity contribution in [2.45, 2.75) is 0 Å². The summed E-state index contributed by atoms with van der Waals surface area (Å²) >= 11 is 1.88. The van der Waals surface area contributed by atoms with Gasteiger partial charge in [-0.15, -0.1) is 11.3 Å². The first kappa shape index (κ1) is 31.6. The largest absolute Gasteiger partial charge is 0.311 e. The van der Waals surface area contributed by atoms with E-state index >= 15 is 0 Å². The summed E-state index contributed by atoms with van der Waals surface area (Å²) < 4.78 is 5.08. The third kappa shape index (κ3) is 5.32. The van der Waals surface area contributed by atoms with E-state index in [2.05, 4.69) is 216 Å². The highest BCUT2D eigenvalue weighted by molar-refractivity contribution is 7.26. The van der Waals surface area contributed by atoms with Crippen molar-refractivity contribution in [2.24, 2.45) is 0 Å². The quantitative estimate of drug-likeness (QED) is 0.166. The van der Waals surface area contributed by atoms with Gasteiger partial charge >= 0.3 is 0 Å². The Morgan fingerprint density at radius 1 is 0.364 bits per heavy atom. The minimum Gasteiger partial charge on any atom is -0.311 e. The van der Waals surface area contributed by atoms with Crippen LogP contribution in [0.1, 0.15) is 0 Å². The number of para-hydroxylation sites is 2. The van der Waals surface area contributed by atoms with Crippen molar-refractivity contribution in [3.63, 3.8) is 0 Å². The second-order valence-corrected chi connectivity index (χ2v) is 15.2. The summed E-state index contributed by atoms with van der Waals surface area (Å²) in [5.41, 5.74) is 11.8. The number of benzene rings is 9. The summed E-state index contributed by atoms with van der Waals surface area (Å²) in [7, 11) is 0. The molecule has 0 saturated carbocycles. The third-order valence-electron chi connectivity index (χ3n) is 10.9. The minimum absolute atomic E-state index is 1.11. The Hall–Kier alpha value is -6.94.